The van der Waals surface area contributed by atoms with Gasteiger partial charge in [-0.3, -0.25) is 4.79 Å². The molecular formula is C19H25N5O. The largest absolute Gasteiger partial charge is 0.340 e. The zero-order valence-electron chi connectivity index (χ0n) is 14.9. The van der Waals surface area contributed by atoms with Crippen molar-refractivity contribution in [3.8, 4) is 0 Å². The molecule has 0 atom stereocenters. The van der Waals surface area contributed by atoms with Gasteiger partial charge >= 0.3 is 0 Å². The first-order valence-corrected chi connectivity index (χ1v) is 8.76. The predicted molar refractivity (Wildman–Crippen MR) is 98.6 cm³/mol. The fraction of sp³-hybridized carbons (Fsp3) is 0.421. The van der Waals surface area contributed by atoms with Crippen LogP contribution in [-0.2, 0) is 6.54 Å². The lowest BCUT2D eigenvalue weighted by molar-refractivity contribution is 0.0642. The Labute approximate surface area is 149 Å². The number of nitrogens with zero attached hydrogens (tertiary/aromatic N) is 5. The summed E-state index contributed by atoms with van der Waals surface area (Å²) in [5, 5.41) is 0. The summed E-state index contributed by atoms with van der Waals surface area (Å²) < 4.78 is 0. The van der Waals surface area contributed by atoms with Crippen molar-refractivity contribution < 1.29 is 4.79 Å². The molecule has 0 radical (unpaired) electrons. The average molecular weight is 339 g/mol. The Balaban J connectivity index is 1.61. The summed E-state index contributed by atoms with van der Waals surface area (Å²) in [6.07, 6.45) is 3.27. The predicted octanol–water partition coefficient (Wildman–Crippen LogP) is 1.89. The third-order valence-corrected chi connectivity index (χ3v) is 4.60. The Morgan fingerprint density at radius 1 is 1.08 bits per heavy atom. The third-order valence-electron chi connectivity index (χ3n) is 4.60. The van der Waals surface area contributed by atoms with Gasteiger partial charge < -0.3 is 14.7 Å². The second-order valence-corrected chi connectivity index (χ2v) is 6.34. The van der Waals surface area contributed by atoms with Gasteiger partial charge in [-0.05, 0) is 12.1 Å². The van der Waals surface area contributed by atoms with Crippen LogP contribution < -0.4 is 4.90 Å². The number of piperazine rings is 1. The number of carbonyl (C=O) groups is 1. The quantitative estimate of drug-likeness (QED) is 0.833. The van der Waals surface area contributed by atoms with Crippen molar-refractivity contribution in [2.75, 3.05) is 44.7 Å². The molecule has 2 heterocycles. The molecule has 2 aromatic rings. The van der Waals surface area contributed by atoms with E-state index in [1.165, 1.54) is 5.56 Å². The lowest BCUT2D eigenvalue weighted by Crippen LogP contribution is -2.48. The van der Waals surface area contributed by atoms with Crippen LogP contribution in [0.5, 0.6) is 0 Å². The summed E-state index contributed by atoms with van der Waals surface area (Å²) in [4.78, 5) is 27.6. The van der Waals surface area contributed by atoms with Gasteiger partial charge in [-0.25, -0.2) is 9.97 Å². The van der Waals surface area contributed by atoms with E-state index >= 15 is 0 Å². The van der Waals surface area contributed by atoms with Gasteiger partial charge in [0.25, 0.3) is 5.91 Å². The van der Waals surface area contributed by atoms with Gasteiger partial charge in [0.2, 0.25) is 5.95 Å². The van der Waals surface area contributed by atoms with Gasteiger partial charge in [0, 0.05) is 52.2 Å². The van der Waals surface area contributed by atoms with Gasteiger partial charge in [-0.1, -0.05) is 37.3 Å². The van der Waals surface area contributed by atoms with Crippen LogP contribution in [0.25, 0.3) is 0 Å². The van der Waals surface area contributed by atoms with Crippen molar-refractivity contribution >= 4 is 11.9 Å². The molecule has 0 unspecified atom stereocenters. The van der Waals surface area contributed by atoms with Crippen LogP contribution >= 0.6 is 0 Å². The highest BCUT2D eigenvalue weighted by atomic mass is 16.2. The Bertz CT molecular complexity index is 681. The molecule has 6 heteroatoms. The van der Waals surface area contributed by atoms with E-state index in [1.807, 2.05) is 35.0 Å². The van der Waals surface area contributed by atoms with Crippen molar-refractivity contribution in [3.63, 3.8) is 0 Å². The molecule has 1 saturated heterocycles. The van der Waals surface area contributed by atoms with Crippen LogP contribution in [0.4, 0.5) is 5.95 Å². The standard InChI is InChI=1S/C19H25N5O/c1-3-23-9-11-24(12-10-23)18(25)17-13-20-19(21-14-17)22(2)15-16-7-5-4-6-8-16/h4-8,13-14H,3,9-12,15H2,1-2H3. The first-order chi connectivity index (χ1) is 12.2. The number of carbonyl (C=O) groups excluding carboxylic acids is 1. The SMILES string of the molecule is CCN1CCN(C(=O)c2cnc(N(C)Cc3ccccc3)nc2)CC1. The molecule has 25 heavy (non-hydrogen) atoms. The summed E-state index contributed by atoms with van der Waals surface area (Å²) in [5.74, 6) is 0.643. The van der Waals surface area contributed by atoms with E-state index in [2.05, 4.69) is 33.9 Å². The Hall–Kier alpha value is -2.47. The minimum Gasteiger partial charge on any atom is -0.340 e. The summed E-state index contributed by atoms with van der Waals surface area (Å²) >= 11 is 0. The second-order valence-electron chi connectivity index (χ2n) is 6.34. The molecule has 0 N–H and O–H groups in total. The maximum Gasteiger partial charge on any atom is 0.257 e. The highest BCUT2D eigenvalue weighted by Crippen LogP contribution is 2.12. The topological polar surface area (TPSA) is 52.6 Å². The maximum absolute atomic E-state index is 12.6. The van der Waals surface area contributed by atoms with E-state index in [4.69, 9.17) is 0 Å². The molecule has 0 aliphatic carbocycles. The second kappa shape index (κ2) is 8.07. The molecule has 0 saturated carbocycles. The number of rotatable bonds is 5. The molecule has 1 aromatic heterocycles. The molecule has 6 nitrogen and oxygen atoms in total. The van der Waals surface area contributed by atoms with E-state index in [-0.39, 0.29) is 5.91 Å². The van der Waals surface area contributed by atoms with E-state index < -0.39 is 0 Å². The van der Waals surface area contributed by atoms with Crippen LogP contribution in [0.2, 0.25) is 0 Å². The van der Waals surface area contributed by atoms with Gasteiger partial charge in [0.05, 0.1) is 5.56 Å². The Morgan fingerprint density at radius 2 is 1.72 bits per heavy atom. The fourth-order valence-corrected chi connectivity index (χ4v) is 3.01. The highest BCUT2D eigenvalue weighted by Gasteiger charge is 2.22. The average Bonchev–Trinajstić information content (AvgIpc) is 2.68. The fourth-order valence-electron chi connectivity index (χ4n) is 3.01. The summed E-state index contributed by atoms with van der Waals surface area (Å²) in [7, 11) is 1.95. The lowest BCUT2D eigenvalue weighted by atomic mass is 10.2. The Morgan fingerprint density at radius 3 is 2.32 bits per heavy atom. The molecule has 3 rings (SSSR count). The van der Waals surface area contributed by atoms with E-state index in [0.29, 0.717) is 11.5 Å². The molecule has 0 spiro atoms. The summed E-state index contributed by atoms with van der Waals surface area (Å²) in [6.45, 7) is 7.31. The number of hydrogen-bond acceptors (Lipinski definition) is 5. The molecule has 132 valence electrons. The number of likely N-dealkylation sites (N-methyl/N-ethyl adjacent to an activating group) is 1. The Kier molecular flexibility index (Phi) is 5.60. The van der Waals surface area contributed by atoms with Crippen LogP contribution in [0, 0.1) is 0 Å². The molecule has 1 aliphatic rings. The summed E-state index contributed by atoms with van der Waals surface area (Å²) in [5.41, 5.74) is 1.75. The molecule has 1 aromatic carbocycles. The van der Waals surface area contributed by atoms with Crippen molar-refractivity contribution in [3.05, 3.63) is 53.9 Å². The monoisotopic (exact) mass is 339 g/mol. The number of anilines is 1. The molecule has 1 aliphatic heterocycles. The van der Waals surface area contributed by atoms with Crippen LogP contribution in [0.15, 0.2) is 42.7 Å². The van der Waals surface area contributed by atoms with Gasteiger partial charge in [-0.2, -0.15) is 0 Å². The first kappa shape index (κ1) is 17.4. The number of benzene rings is 1. The highest BCUT2D eigenvalue weighted by molar-refractivity contribution is 5.93. The zero-order valence-corrected chi connectivity index (χ0v) is 14.9. The van der Waals surface area contributed by atoms with Crippen LogP contribution in [-0.4, -0.2) is 65.4 Å². The molecule has 0 bridgehead atoms. The van der Waals surface area contributed by atoms with E-state index in [0.717, 1.165) is 39.3 Å². The van der Waals surface area contributed by atoms with Crippen LogP contribution in [0.3, 0.4) is 0 Å². The summed E-state index contributed by atoms with van der Waals surface area (Å²) in [6, 6.07) is 10.2. The normalized spacial score (nSPS) is 15.2. The van der Waals surface area contributed by atoms with E-state index in [1.54, 1.807) is 12.4 Å². The molecule has 1 amide bonds. The van der Waals surface area contributed by atoms with Crippen LogP contribution in [0.1, 0.15) is 22.8 Å². The van der Waals surface area contributed by atoms with Gasteiger partial charge in [0.1, 0.15) is 0 Å². The van der Waals surface area contributed by atoms with Crippen molar-refractivity contribution in [1.29, 1.82) is 0 Å². The van der Waals surface area contributed by atoms with Crippen molar-refractivity contribution in [2.45, 2.75) is 13.5 Å². The van der Waals surface area contributed by atoms with Crippen molar-refractivity contribution in [1.82, 2.24) is 19.8 Å². The van der Waals surface area contributed by atoms with Crippen molar-refractivity contribution in [2.24, 2.45) is 0 Å². The number of aromatic nitrogens is 2. The zero-order chi connectivity index (χ0) is 17.6. The van der Waals surface area contributed by atoms with Gasteiger partial charge in [-0.15, -0.1) is 0 Å². The lowest BCUT2D eigenvalue weighted by Gasteiger charge is -2.34. The molecular weight excluding hydrogens is 314 g/mol. The number of amides is 1. The molecule has 1 fully saturated rings. The smallest absolute Gasteiger partial charge is 0.257 e. The minimum absolute atomic E-state index is 0.0213. The number of hydrogen-bond donors (Lipinski definition) is 0. The maximum atomic E-state index is 12.6. The minimum atomic E-state index is 0.0213. The van der Waals surface area contributed by atoms with E-state index in [9.17, 15) is 4.79 Å². The third kappa shape index (κ3) is 4.33. The van der Waals surface area contributed by atoms with Gasteiger partial charge in [0.15, 0.2) is 0 Å². The first-order valence-electron chi connectivity index (χ1n) is 8.76.